The maximum Gasteiger partial charge on any atom is 0.0663 e. The lowest BCUT2D eigenvalue weighted by molar-refractivity contribution is -0.0129. The van der Waals surface area contributed by atoms with Crippen molar-refractivity contribution >= 4 is 15.9 Å². The van der Waals surface area contributed by atoms with Crippen LogP contribution < -0.4 is 0 Å². The molecule has 0 aromatic carbocycles. The molecule has 0 aliphatic heterocycles. The van der Waals surface area contributed by atoms with Gasteiger partial charge in [0.05, 0.1) is 11.7 Å². The maximum absolute atomic E-state index is 9.48. The van der Waals surface area contributed by atoms with E-state index < -0.39 is 0 Å². The van der Waals surface area contributed by atoms with Crippen LogP contribution in [0.2, 0.25) is 0 Å². The van der Waals surface area contributed by atoms with Gasteiger partial charge < -0.3 is 9.84 Å². The summed E-state index contributed by atoms with van der Waals surface area (Å²) in [6.07, 6.45) is 0.593. The Bertz CT molecular complexity index is 126. The third-order valence-corrected chi connectivity index (χ3v) is 2.84. The molecule has 0 aliphatic rings. The predicted molar refractivity (Wildman–Crippen MR) is 54.7 cm³/mol. The molecule has 0 aromatic rings. The number of rotatable bonds is 5. The summed E-state index contributed by atoms with van der Waals surface area (Å²) in [4.78, 5) is 0. The van der Waals surface area contributed by atoms with Crippen molar-refractivity contribution in [3.8, 4) is 0 Å². The molecule has 2 atom stereocenters. The molecule has 0 aromatic heterocycles. The molecule has 0 radical (unpaired) electrons. The Kier molecular flexibility index (Phi) is 5.37. The van der Waals surface area contributed by atoms with E-state index in [0.717, 1.165) is 6.42 Å². The zero-order chi connectivity index (χ0) is 9.78. The molecule has 0 spiro atoms. The van der Waals surface area contributed by atoms with E-state index in [1.54, 1.807) is 7.11 Å². The van der Waals surface area contributed by atoms with Crippen molar-refractivity contribution < 1.29 is 9.84 Å². The average Bonchev–Trinajstić information content (AvgIpc) is 2.02. The Morgan fingerprint density at radius 1 is 1.50 bits per heavy atom. The molecule has 0 amide bonds. The summed E-state index contributed by atoms with van der Waals surface area (Å²) < 4.78 is 5.28. The minimum atomic E-state index is -0.278. The van der Waals surface area contributed by atoms with Gasteiger partial charge in [-0.2, -0.15) is 0 Å². The van der Waals surface area contributed by atoms with Gasteiger partial charge in [0, 0.05) is 12.4 Å². The highest BCUT2D eigenvalue weighted by molar-refractivity contribution is 9.09. The Morgan fingerprint density at radius 2 is 2.00 bits per heavy atom. The fourth-order valence-corrected chi connectivity index (χ4v) is 1.79. The summed E-state index contributed by atoms with van der Waals surface area (Å²) in [5, 5.41) is 10.1. The fourth-order valence-electron chi connectivity index (χ4n) is 1.15. The van der Waals surface area contributed by atoms with Crippen LogP contribution in [0.5, 0.6) is 0 Å². The Morgan fingerprint density at radius 3 is 2.33 bits per heavy atom. The Balaban J connectivity index is 3.90. The molecule has 3 heteroatoms. The third-order valence-electron chi connectivity index (χ3n) is 2.18. The number of hydrogen-bond acceptors (Lipinski definition) is 2. The summed E-state index contributed by atoms with van der Waals surface area (Å²) in [6.45, 7) is 6.10. The highest BCUT2D eigenvalue weighted by Crippen LogP contribution is 2.22. The van der Waals surface area contributed by atoms with Gasteiger partial charge in [-0.15, -0.1) is 0 Å². The number of alkyl halides is 1. The lowest BCUT2D eigenvalue weighted by Gasteiger charge is -2.28. The first-order valence-corrected chi connectivity index (χ1v) is 5.34. The molecule has 74 valence electrons. The summed E-state index contributed by atoms with van der Waals surface area (Å²) in [7, 11) is 1.70. The van der Waals surface area contributed by atoms with Crippen molar-refractivity contribution in [1.82, 2.24) is 0 Å². The van der Waals surface area contributed by atoms with Crippen LogP contribution in [-0.4, -0.2) is 29.3 Å². The smallest absolute Gasteiger partial charge is 0.0663 e. The van der Waals surface area contributed by atoms with Crippen molar-refractivity contribution in [3.63, 3.8) is 0 Å². The molecule has 0 rings (SSSR count). The monoisotopic (exact) mass is 238 g/mol. The van der Waals surface area contributed by atoms with Crippen LogP contribution in [0.15, 0.2) is 0 Å². The van der Waals surface area contributed by atoms with Crippen LogP contribution in [0.1, 0.15) is 27.2 Å². The van der Waals surface area contributed by atoms with Gasteiger partial charge >= 0.3 is 0 Å². The second-order valence-electron chi connectivity index (χ2n) is 3.87. The minimum absolute atomic E-state index is 0.136. The van der Waals surface area contributed by atoms with E-state index in [2.05, 4.69) is 15.9 Å². The van der Waals surface area contributed by atoms with Crippen molar-refractivity contribution in [2.24, 2.45) is 5.92 Å². The highest BCUT2D eigenvalue weighted by Gasteiger charge is 2.23. The lowest BCUT2D eigenvalue weighted by atomic mass is 9.91. The fraction of sp³-hybridized carbons (Fsp3) is 1.00. The Hall–Kier alpha value is 0.400. The van der Waals surface area contributed by atoms with E-state index in [0.29, 0.717) is 5.33 Å². The quantitative estimate of drug-likeness (QED) is 0.745. The molecule has 1 N–H and O–H groups in total. The molecule has 2 unspecified atom stereocenters. The van der Waals surface area contributed by atoms with Crippen molar-refractivity contribution in [2.75, 3.05) is 12.4 Å². The van der Waals surface area contributed by atoms with Crippen LogP contribution in [0.4, 0.5) is 0 Å². The topological polar surface area (TPSA) is 29.5 Å². The normalized spacial score (nSPS) is 17.5. The first-order valence-electron chi connectivity index (χ1n) is 4.22. The second kappa shape index (κ2) is 5.20. The lowest BCUT2D eigenvalue weighted by Crippen LogP contribution is -2.31. The molecule has 12 heavy (non-hydrogen) atoms. The van der Waals surface area contributed by atoms with Gasteiger partial charge in [-0.25, -0.2) is 0 Å². The van der Waals surface area contributed by atoms with Gasteiger partial charge in [0.25, 0.3) is 0 Å². The molecular formula is C9H19BrO2. The standard InChI is InChI=1S/C9H19BrO2/c1-7(8(11)6-10)5-9(2,3)12-4/h7-8,11H,5-6H2,1-4H3. The zero-order valence-corrected chi connectivity index (χ0v) is 9.89. The number of aliphatic hydroxyl groups is 1. The molecule has 0 aliphatic carbocycles. The minimum Gasteiger partial charge on any atom is -0.392 e. The summed E-state index contributed by atoms with van der Waals surface area (Å²) in [5.74, 6) is 0.263. The van der Waals surface area contributed by atoms with Gasteiger partial charge in [-0.1, -0.05) is 22.9 Å². The van der Waals surface area contributed by atoms with Crippen molar-refractivity contribution in [1.29, 1.82) is 0 Å². The van der Waals surface area contributed by atoms with E-state index in [1.807, 2.05) is 20.8 Å². The summed E-state index contributed by atoms with van der Waals surface area (Å²) in [6, 6.07) is 0. The number of ether oxygens (including phenoxy) is 1. The van der Waals surface area contributed by atoms with Crippen molar-refractivity contribution in [2.45, 2.75) is 38.9 Å². The molecule has 0 fully saturated rings. The van der Waals surface area contributed by atoms with Crippen molar-refractivity contribution in [3.05, 3.63) is 0 Å². The van der Waals surface area contributed by atoms with Gasteiger partial charge in [0.15, 0.2) is 0 Å². The van der Waals surface area contributed by atoms with Gasteiger partial charge in [-0.05, 0) is 26.2 Å². The third kappa shape index (κ3) is 4.43. The van der Waals surface area contributed by atoms with Crippen LogP contribution in [-0.2, 0) is 4.74 Å². The molecule has 2 nitrogen and oxygen atoms in total. The number of hydrogen-bond donors (Lipinski definition) is 1. The SMILES string of the molecule is COC(C)(C)CC(C)C(O)CBr. The maximum atomic E-state index is 9.48. The van der Waals surface area contributed by atoms with Crippen LogP contribution in [0, 0.1) is 5.92 Å². The Labute approximate surface area is 83.4 Å². The summed E-state index contributed by atoms with van der Waals surface area (Å²) in [5.41, 5.74) is -0.136. The van der Waals surface area contributed by atoms with E-state index >= 15 is 0 Å². The van der Waals surface area contributed by atoms with Crippen LogP contribution in [0.25, 0.3) is 0 Å². The van der Waals surface area contributed by atoms with Gasteiger partial charge in [0.1, 0.15) is 0 Å². The van der Waals surface area contributed by atoms with E-state index in [4.69, 9.17) is 4.74 Å². The molecule has 0 saturated carbocycles. The summed E-state index contributed by atoms with van der Waals surface area (Å²) >= 11 is 3.25. The number of halogens is 1. The highest BCUT2D eigenvalue weighted by atomic mass is 79.9. The van der Waals surface area contributed by atoms with Crippen LogP contribution in [0.3, 0.4) is 0 Å². The molecular weight excluding hydrogens is 220 g/mol. The van der Waals surface area contributed by atoms with E-state index in [-0.39, 0.29) is 17.6 Å². The zero-order valence-electron chi connectivity index (χ0n) is 8.30. The number of aliphatic hydroxyl groups excluding tert-OH is 1. The molecule has 0 saturated heterocycles. The largest absolute Gasteiger partial charge is 0.392 e. The van der Waals surface area contributed by atoms with Gasteiger partial charge in [0.2, 0.25) is 0 Å². The average molecular weight is 239 g/mol. The predicted octanol–water partition coefficient (Wildman–Crippen LogP) is 2.19. The van der Waals surface area contributed by atoms with Crippen LogP contribution >= 0.6 is 15.9 Å². The first-order chi connectivity index (χ1) is 5.43. The van der Waals surface area contributed by atoms with E-state index in [1.165, 1.54) is 0 Å². The first kappa shape index (κ1) is 12.4. The molecule has 0 heterocycles. The number of methoxy groups -OCH3 is 1. The van der Waals surface area contributed by atoms with Gasteiger partial charge in [-0.3, -0.25) is 0 Å². The molecule has 0 bridgehead atoms. The van der Waals surface area contributed by atoms with E-state index in [9.17, 15) is 5.11 Å². The second-order valence-corrected chi connectivity index (χ2v) is 4.51.